The number of carboxylic acids is 3. The molecule has 2 aliphatic rings. The summed E-state index contributed by atoms with van der Waals surface area (Å²) < 4.78 is 0. The fraction of sp³-hybridized carbons (Fsp3) is 0.829. The average molecular weight is 919 g/mol. The Morgan fingerprint density at radius 2 is 1.00 bits per heavy atom. The van der Waals surface area contributed by atoms with Gasteiger partial charge in [0.25, 0.3) is 0 Å². The van der Waals surface area contributed by atoms with Gasteiger partial charge in [-0.1, -0.05) is 20.8 Å². The third kappa shape index (κ3) is 19.7. The molecular weight excluding hydrogens is 844 g/mol. The summed E-state index contributed by atoms with van der Waals surface area (Å²) in [5, 5.41) is 86.3. The van der Waals surface area contributed by atoms with Gasteiger partial charge in [-0.05, 0) is 40.0 Å². The quantitative estimate of drug-likeness (QED) is 0.0518. The van der Waals surface area contributed by atoms with Crippen molar-refractivity contribution in [1.29, 1.82) is 0 Å². The Morgan fingerprint density at radius 1 is 0.594 bits per heavy atom. The average Bonchev–Trinajstić information content (AvgIpc) is 3.19. The number of likely N-dealkylation sites (tertiary alicyclic amines) is 1. The summed E-state index contributed by atoms with van der Waals surface area (Å²) in [4.78, 5) is 98.2. The molecule has 23 nitrogen and oxygen atoms in total. The Labute approximate surface area is 374 Å². The van der Waals surface area contributed by atoms with Crippen molar-refractivity contribution in [2.45, 2.75) is 109 Å². The molecule has 0 spiro atoms. The largest absolute Gasteiger partial charge is 0.480 e. The van der Waals surface area contributed by atoms with Crippen LogP contribution in [-0.4, -0.2) is 253 Å². The van der Waals surface area contributed by atoms with E-state index in [1.54, 1.807) is 19.6 Å². The van der Waals surface area contributed by atoms with Crippen molar-refractivity contribution >= 4 is 41.4 Å². The molecule has 2 aliphatic heterocycles. The van der Waals surface area contributed by atoms with Gasteiger partial charge in [0, 0.05) is 89.4 Å². The highest BCUT2D eigenvalue weighted by molar-refractivity contribution is 5.94. The Morgan fingerprint density at radius 3 is 1.38 bits per heavy atom. The van der Waals surface area contributed by atoms with Crippen molar-refractivity contribution in [3.63, 3.8) is 0 Å². The minimum atomic E-state index is -1.93. The van der Waals surface area contributed by atoms with Crippen LogP contribution in [0, 0.1) is 5.41 Å². The van der Waals surface area contributed by atoms with Gasteiger partial charge < -0.3 is 61.7 Å². The maximum Gasteiger partial charge on any atom is 0.317 e. The molecule has 0 saturated carbocycles. The van der Waals surface area contributed by atoms with E-state index in [-0.39, 0.29) is 123 Å². The van der Waals surface area contributed by atoms with Crippen LogP contribution in [0.5, 0.6) is 0 Å². The number of aliphatic hydroxyl groups excluding tert-OH is 5. The van der Waals surface area contributed by atoms with Gasteiger partial charge in [-0.25, -0.2) is 0 Å². The minimum Gasteiger partial charge on any atom is -0.480 e. The number of carbonyl (C=O) groups excluding carboxylic acids is 4. The number of carbonyl (C=O) groups is 7. The van der Waals surface area contributed by atoms with Crippen LogP contribution in [-0.2, 0) is 33.6 Å². The number of Topliss-reactive ketones (excluding diaryl/α,β-unsaturated/α-hetero) is 1. The third-order valence-corrected chi connectivity index (χ3v) is 11.2. The van der Waals surface area contributed by atoms with Crippen LogP contribution in [0.25, 0.3) is 0 Å². The summed E-state index contributed by atoms with van der Waals surface area (Å²) in [7, 11) is 0. The van der Waals surface area contributed by atoms with E-state index >= 15 is 0 Å². The zero-order valence-corrected chi connectivity index (χ0v) is 38.2. The second-order valence-electron chi connectivity index (χ2n) is 18.9. The molecular formula is C41H74N8O15. The van der Waals surface area contributed by atoms with Gasteiger partial charge in [-0.3, -0.25) is 53.2 Å². The fourth-order valence-corrected chi connectivity index (χ4v) is 7.93. The van der Waals surface area contributed by atoms with Gasteiger partial charge >= 0.3 is 17.9 Å². The third-order valence-electron chi connectivity index (χ3n) is 11.2. The lowest BCUT2D eigenvalue weighted by Gasteiger charge is -2.47. The lowest BCUT2D eigenvalue weighted by atomic mass is 9.72. The van der Waals surface area contributed by atoms with Crippen LogP contribution < -0.4 is 16.0 Å². The number of ketones is 1. The van der Waals surface area contributed by atoms with E-state index in [9.17, 15) is 69.3 Å². The predicted octanol–water partition coefficient (Wildman–Crippen LogP) is -4.36. The summed E-state index contributed by atoms with van der Waals surface area (Å²) >= 11 is 0. The molecule has 23 heteroatoms. The lowest BCUT2D eigenvalue weighted by Crippen LogP contribution is -2.66. The second-order valence-corrected chi connectivity index (χ2v) is 18.9. The molecule has 5 atom stereocenters. The number of hydrogen-bond acceptors (Lipinski definition) is 17. The molecule has 2 fully saturated rings. The minimum absolute atomic E-state index is 0.0123. The number of hydrogen-bond donors (Lipinski definition) is 11. The molecule has 3 amide bonds. The van der Waals surface area contributed by atoms with E-state index in [1.165, 1.54) is 4.90 Å². The number of piperidine rings is 1. The predicted molar refractivity (Wildman–Crippen MR) is 230 cm³/mol. The van der Waals surface area contributed by atoms with Gasteiger partial charge in [0.05, 0.1) is 44.4 Å². The van der Waals surface area contributed by atoms with Gasteiger partial charge in [-0.2, -0.15) is 0 Å². The number of carboxylic acid groups (broad SMARTS) is 3. The summed E-state index contributed by atoms with van der Waals surface area (Å²) in [6.07, 6.45) is -7.38. The zero-order chi connectivity index (χ0) is 48.6. The summed E-state index contributed by atoms with van der Waals surface area (Å²) in [5.74, 6) is -5.19. The molecule has 0 aromatic carbocycles. The summed E-state index contributed by atoms with van der Waals surface area (Å²) in [6, 6.07) is -1.27. The Kier molecular flexibility index (Phi) is 22.6. The standard InChI is InChI=1S/C41H74N8O15/c1-39(2,3)38(64)41(44-40(4,5)6)9-11-49(12-10-41)37(63)27(7-8-30(53)42-21-28(51)35(61)36(62)29(52)26-50)43-31(54)22-45-13-15-46(23-32(55)56)17-19-48(25-34(59)60)20-18-47(16-14-45)24-33(57)58/h27-29,35-36,44,50-52,61-62H,7-26H2,1-6H3,(H,42,53)(H,43,54)(H,55,56)(H,57,58)(H,59,60)/t27-,28+,29-,35-,36-/m1/s1. The molecule has 0 aromatic heterocycles. The molecule has 0 radical (unpaired) electrons. The van der Waals surface area contributed by atoms with E-state index < -0.39 is 95.7 Å². The number of aliphatic carboxylic acids is 3. The Balaban J connectivity index is 2.35. The lowest BCUT2D eigenvalue weighted by molar-refractivity contribution is -0.143. The molecule has 0 bridgehead atoms. The van der Waals surface area contributed by atoms with Crippen molar-refractivity contribution in [1.82, 2.24) is 40.4 Å². The normalized spacial score (nSPS) is 20.4. The summed E-state index contributed by atoms with van der Waals surface area (Å²) in [5.41, 5.74) is -2.10. The van der Waals surface area contributed by atoms with E-state index in [2.05, 4.69) is 16.0 Å². The zero-order valence-electron chi connectivity index (χ0n) is 38.2. The van der Waals surface area contributed by atoms with Gasteiger partial charge in [0.1, 0.15) is 24.4 Å². The number of rotatable bonds is 21. The maximum absolute atomic E-state index is 14.3. The molecule has 2 rings (SSSR count). The first-order valence-electron chi connectivity index (χ1n) is 21.7. The van der Waals surface area contributed by atoms with E-state index in [0.29, 0.717) is 0 Å². The van der Waals surface area contributed by atoms with Crippen LogP contribution in [0.3, 0.4) is 0 Å². The number of amides is 3. The first kappa shape index (κ1) is 56.2. The van der Waals surface area contributed by atoms with Crippen LogP contribution in [0.1, 0.15) is 67.2 Å². The number of aliphatic hydroxyl groups is 5. The topological polar surface area (TPSA) is 334 Å². The molecule has 64 heavy (non-hydrogen) atoms. The second kappa shape index (κ2) is 25.7. The molecule has 368 valence electrons. The number of nitrogens with one attached hydrogen (secondary N) is 3. The van der Waals surface area contributed by atoms with Crippen molar-refractivity contribution in [2.75, 3.05) is 105 Å². The van der Waals surface area contributed by atoms with Crippen LogP contribution in [0.2, 0.25) is 0 Å². The van der Waals surface area contributed by atoms with E-state index in [0.717, 1.165) is 0 Å². The van der Waals surface area contributed by atoms with Crippen molar-refractivity contribution in [2.24, 2.45) is 5.41 Å². The molecule has 0 unspecified atom stereocenters. The van der Waals surface area contributed by atoms with Gasteiger partial charge in [-0.15, -0.1) is 0 Å². The van der Waals surface area contributed by atoms with Crippen molar-refractivity contribution in [3.05, 3.63) is 0 Å². The SMILES string of the molecule is CC(C)(C)NC1(C(=O)C(C)(C)C)CCN(C(=O)[C@@H](CCC(=O)NC[C@H](O)[C@@H](O)[C@H](O)[C@H](O)CO)NC(=O)CN2CCN(CC(=O)O)CCN(CC(=O)O)CCN(CC(=O)O)CC2)CC1. The van der Waals surface area contributed by atoms with Crippen LogP contribution in [0.4, 0.5) is 0 Å². The molecule has 0 aliphatic carbocycles. The maximum atomic E-state index is 14.3. The van der Waals surface area contributed by atoms with Crippen LogP contribution in [0.15, 0.2) is 0 Å². The van der Waals surface area contributed by atoms with Crippen LogP contribution >= 0.6 is 0 Å². The molecule has 2 saturated heterocycles. The Hall–Kier alpha value is -3.91. The highest BCUT2D eigenvalue weighted by atomic mass is 16.4. The monoisotopic (exact) mass is 919 g/mol. The fourth-order valence-electron chi connectivity index (χ4n) is 7.93. The molecule has 2 heterocycles. The Bertz CT molecular complexity index is 1530. The highest BCUT2D eigenvalue weighted by Crippen LogP contribution is 2.33. The summed E-state index contributed by atoms with van der Waals surface area (Å²) in [6.45, 7) is 10.0. The first-order chi connectivity index (χ1) is 29.7. The molecule has 0 aromatic rings. The van der Waals surface area contributed by atoms with Gasteiger partial charge in [0.2, 0.25) is 17.7 Å². The molecule has 11 N–H and O–H groups in total. The van der Waals surface area contributed by atoms with Crippen molar-refractivity contribution in [3.8, 4) is 0 Å². The van der Waals surface area contributed by atoms with Gasteiger partial charge in [0.15, 0.2) is 5.78 Å². The smallest absolute Gasteiger partial charge is 0.317 e. The van der Waals surface area contributed by atoms with Crippen molar-refractivity contribution < 1.29 is 74.4 Å². The first-order valence-corrected chi connectivity index (χ1v) is 21.7. The van der Waals surface area contributed by atoms with E-state index in [1.807, 2.05) is 41.5 Å². The highest BCUT2D eigenvalue weighted by Gasteiger charge is 2.48. The van der Waals surface area contributed by atoms with E-state index in [4.69, 9.17) is 5.11 Å². The number of nitrogens with zero attached hydrogens (tertiary/aromatic N) is 5.